The second kappa shape index (κ2) is 12.7. The molecule has 0 radical (unpaired) electrons. The van der Waals surface area contributed by atoms with E-state index in [1.165, 1.54) is 12.1 Å². The lowest BCUT2D eigenvalue weighted by Gasteiger charge is -2.33. The van der Waals surface area contributed by atoms with Gasteiger partial charge in [-0.3, -0.25) is 14.7 Å². The molecular formula is C33H37FN6O3. The van der Waals surface area contributed by atoms with Crippen LogP contribution in [0.3, 0.4) is 0 Å². The summed E-state index contributed by atoms with van der Waals surface area (Å²) in [6.45, 7) is 9.69. The third kappa shape index (κ3) is 8.26. The van der Waals surface area contributed by atoms with Gasteiger partial charge in [0.15, 0.2) is 0 Å². The molecule has 9 nitrogen and oxygen atoms in total. The first kappa shape index (κ1) is 29.9. The van der Waals surface area contributed by atoms with Crippen LogP contribution in [0.2, 0.25) is 0 Å². The smallest absolute Gasteiger partial charge is 0.407 e. The van der Waals surface area contributed by atoms with Crippen molar-refractivity contribution in [2.75, 3.05) is 18.4 Å². The molecule has 2 amide bonds. The molecule has 224 valence electrons. The Labute approximate surface area is 251 Å². The van der Waals surface area contributed by atoms with Crippen molar-refractivity contribution in [3.8, 4) is 16.8 Å². The molecule has 3 heterocycles. The molecule has 0 aliphatic carbocycles. The maximum Gasteiger partial charge on any atom is 0.407 e. The zero-order chi connectivity index (χ0) is 30.6. The molecule has 43 heavy (non-hydrogen) atoms. The number of likely N-dealkylation sites (tertiary alicyclic amines) is 1. The maximum atomic E-state index is 13.4. The van der Waals surface area contributed by atoms with Crippen LogP contribution >= 0.6 is 0 Å². The molecule has 0 spiro atoms. The monoisotopic (exact) mass is 584 g/mol. The number of ether oxygens (including phenoxy) is 1. The Hall–Kier alpha value is -4.57. The van der Waals surface area contributed by atoms with Crippen molar-refractivity contribution in [1.82, 2.24) is 24.8 Å². The number of aryl methyl sites for hydroxylation is 1. The van der Waals surface area contributed by atoms with E-state index < -0.39 is 11.7 Å². The second-order valence-corrected chi connectivity index (χ2v) is 11.9. The fraction of sp³-hybridized carbons (Fsp3) is 0.333. The SMILES string of the molecule is Cc1cn(-c2cc(CN3CCC[C@H](NC(=O)OC(C)(C)C)C3)cc(NC(=O)c3cc(-c4ccc(F)cc4)ccn3)c2)cn1. The second-order valence-electron chi connectivity index (χ2n) is 11.9. The fourth-order valence-electron chi connectivity index (χ4n) is 5.17. The van der Waals surface area contributed by atoms with Crippen molar-refractivity contribution in [2.24, 2.45) is 0 Å². The Bertz CT molecular complexity index is 1590. The Morgan fingerprint density at radius 3 is 2.56 bits per heavy atom. The molecule has 5 rings (SSSR count). The summed E-state index contributed by atoms with van der Waals surface area (Å²) in [7, 11) is 0. The minimum Gasteiger partial charge on any atom is -0.444 e. The van der Waals surface area contributed by atoms with E-state index in [1.807, 2.05) is 50.6 Å². The van der Waals surface area contributed by atoms with E-state index in [1.54, 1.807) is 36.8 Å². The number of nitrogens with one attached hydrogen (secondary N) is 2. The molecule has 2 N–H and O–H groups in total. The van der Waals surface area contributed by atoms with E-state index in [0.29, 0.717) is 18.8 Å². The van der Waals surface area contributed by atoms with Crippen molar-refractivity contribution in [2.45, 2.75) is 58.7 Å². The third-order valence-corrected chi connectivity index (χ3v) is 7.05. The van der Waals surface area contributed by atoms with Gasteiger partial charge in [0, 0.05) is 42.9 Å². The largest absolute Gasteiger partial charge is 0.444 e. The average molecular weight is 585 g/mol. The lowest BCUT2D eigenvalue weighted by atomic mass is 10.0. The Morgan fingerprint density at radius 1 is 1.05 bits per heavy atom. The quantitative estimate of drug-likeness (QED) is 0.271. The predicted molar refractivity (Wildman–Crippen MR) is 164 cm³/mol. The van der Waals surface area contributed by atoms with Gasteiger partial charge in [-0.2, -0.15) is 0 Å². The van der Waals surface area contributed by atoms with Crippen LogP contribution in [-0.2, 0) is 11.3 Å². The molecule has 0 saturated carbocycles. The van der Waals surface area contributed by atoms with Gasteiger partial charge in [0.1, 0.15) is 17.1 Å². The number of hydrogen-bond acceptors (Lipinski definition) is 6. The highest BCUT2D eigenvalue weighted by molar-refractivity contribution is 6.03. The van der Waals surface area contributed by atoms with Gasteiger partial charge in [-0.25, -0.2) is 14.2 Å². The number of rotatable bonds is 7. The number of carbonyl (C=O) groups excluding carboxylic acids is 2. The number of hydrogen-bond donors (Lipinski definition) is 2. The number of alkyl carbamates (subject to hydrolysis) is 1. The zero-order valence-electron chi connectivity index (χ0n) is 24.9. The summed E-state index contributed by atoms with van der Waals surface area (Å²) in [5, 5.41) is 6.02. The van der Waals surface area contributed by atoms with E-state index in [0.717, 1.165) is 47.5 Å². The van der Waals surface area contributed by atoms with Crippen LogP contribution in [-0.4, -0.2) is 56.2 Å². The molecule has 1 fully saturated rings. The number of aromatic nitrogens is 3. The van der Waals surface area contributed by atoms with Gasteiger partial charge in [0.25, 0.3) is 5.91 Å². The molecular weight excluding hydrogens is 547 g/mol. The van der Waals surface area contributed by atoms with E-state index in [4.69, 9.17) is 4.74 Å². The minimum absolute atomic E-state index is 0.0123. The van der Waals surface area contributed by atoms with E-state index in [-0.39, 0.29) is 23.5 Å². The van der Waals surface area contributed by atoms with Crippen LogP contribution in [0.4, 0.5) is 14.9 Å². The molecule has 1 atom stereocenters. The summed E-state index contributed by atoms with van der Waals surface area (Å²) in [6.07, 6.45) is 6.67. The summed E-state index contributed by atoms with van der Waals surface area (Å²) < 4.78 is 20.8. The van der Waals surface area contributed by atoms with Crippen molar-refractivity contribution in [3.63, 3.8) is 0 Å². The normalized spacial score (nSPS) is 15.6. The number of pyridine rings is 1. The average Bonchev–Trinajstić information content (AvgIpc) is 3.39. The van der Waals surface area contributed by atoms with Crippen LogP contribution < -0.4 is 10.6 Å². The molecule has 1 saturated heterocycles. The summed E-state index contributed by atoms with van der Waals surface area (Å²) in [5.74, 6) is -0.674. The van der Waals surface area contributed by atoms with Crippen molar-refractivity contribution >= 4 is 17.7 Å². The standard InChI is InChI=1S/C33H37FN6O3/c1-22-18-40(21-36-22)29-15-23(19-39-13-5-6-27(20-39)38-32(42)43-33(2,3)4)14-28(17-29)37-31(41)30-16-25(11-12-35-30)24-7-9-26(34)10-8-24/h7-12,14-18,21,27H,5-6,13,19-20H2,1-4H3,(H,37,41)(H,38,42)/t27-/m0/s1. The number of imidazole rings is 1. The number of anilines is 1. The highest BCUT2D eigenvalue weighted by Gasteiger charge is 2.24. The third-order valence-electron chi connectivity index (χ3n) is 7.05. The van der Waals surface area contributed by atoms with Crippen molar-refractivity contribution < 1.29 is 18.7 Å². The molecule has 0 bridgehead atoms. The van der Waals surface area contributed by atoms with Gasteiger partial charge < -0.3 is 19.9 Å². The van der Waals surface area contributed by atoms with Gasteiger partial charge >= 0.3 is 6.09 Å². The van der Waals surface area contributed by atoms with Gasteiger partial charge in [-0.1, -0.05) is 12.1 Å². The highest BCUT2D eigenvalue weighted by atomic mass is 19.1. The lowest BCUT2D eigenvalue weighted by molar-refractivity contribution is 0.0470. The van der Waals surface area contributed by atoms with E-state index in [9.17, 15) is 14.0 Å². The van der Waals surface area contributed by atoms with Crippen LogP contribution in [0, 0.1) is 12.7 Å². The van der Waals surface area contributed by atoms with Gasteiger partial charge in [0.2, 0.25) is 0 Å². The van der Waals surface area contributed by atoms with E-state index in [2.05, 4.69) is 31.6 Å². The molecule has 4 aromatic rings. The summed E-state index contributed by atoms with van der Waals surface area (Å²) in [4.78, 5) is 36.6. The Morgan fingerprint density at radius 2 is 1.84 bits per heavy atom. The van der Waals surface area contributed by atoms with Gasteiger partial charge in [-0.15, -0.1) is 0 Å². The Kier molecular flexibility index (Phi) is 8.86. The van der Waals surface area contributed by atoms with Crippen LogP contribution in [0.15, 0.2) is 73.3 Å². The predicted octanol–water partition coefficient (Wildman–Crippen LogP) is 6.12. The van der Waals surface area contributed by atoms with E-state index >= 15 is 0 Å². The number of piperidine rings is 1. The van der Waals surface area contributed by atoms with Crippen molar-refractivity contribution in [1.29, 1.82) is 0 Å². The minimum atomic E-state index is -0.552. The van der Waals surface area contributed by atoms with Crippen LogP contribution in [0.25, 0.3) is 16.8 Å². The first-order chi connectivity index (χ1) is 20.5. The summed E-state index contributed by atoms with van der Waals surface area (Å²) in [5.41, 5.74) is 4.62. The topological polar surface area (TPSA) is 101 Å². The number of amides is 2. The zero-order valence-corrected chi connectivity index (χ0v) is 24.9. The molecule has 0 unspecified atom stereocenters. The van der Waals surface area contributed by atoms with Crippen LogP contribution in [0.1, 0.15) is 55.4 Å². The van der Waals surface area contributed by atoms with Gasteiger partial charge in [-0.05, 0) is 106 Å². The summed E-state index contributed by atoms with van der Waals surface area (Å²) >= 11 is 0. The Balaban J connectivity index is 1.34. The van der Waals surface area contributed by atoms with Crippen LogP contribution in [0.5, 0.6) is 0 Å². The fourth-order valence-corrected chi connectivity index (χ4v) is 5.17. The molecule has 10 heteroatoms. The summed E-state index contributed by atoms with van der Waals surface area (Å²) in [6, 6.07) is 15.5. The highest BCUT2D eigenvalue weighted by Crippen LogP contribution is 2.24. The van der Waals surface area contributed by atoms with Gasteiger partial charge in [0.05, 0.1) is 12.0 Å². The number of carbonyl (C=O) groups is 2. The first-order valence-electron chi connectivity index (χ1n) is 14.4. The molecule has 2 aromatic carbocycles. The lowest BCUT2D eigenvalue weighted by Crippen LogP contribution is -2.48. The molecule has 1 aliphatic rings. The molecule has 2 aromatic heterocycles. The number of benzene rings is 2. The first-order valence-corrected chi connectivity index (χ1v) is 14.4. The number of halogens is 1. The molecule has 1 aliphatic heterocycles. The van der Waals surface area contributed by atoms with Crippen molar-refractivity contribution in [3.05, 3.63) is 96.1 Å². The number of nitrogens with zero attached hydrogens (tertiary/aromatic N) is 4. The maximum absolute atomic E-state index is 13.4.